The minimum atomic E-state index is -0.500. The Morgan fingerprint density at radius 2 is 1.46 bits per heavy atom. The van der Waals surface area contributed by atoms with Gasteiger partial charge in [0.2, 0.25) is 11.8 Å². The van der Waals surface area contributed by atoms with Gasteiger partial charge in [0, 0.05) is 20.1 Å². The van der Waals surface area contributed by atoms with E-state index in [9.17, 15) is 9.59 Å². The lowest BCUT2D eigenvalue weighted by molar-refractivity contribution is -0.134. The minimum absolute atomic E-state index is 0.0781. The van der Waals surface area contributed by atoms with Crippen molar-refractivity contribution < 1.29 is 9.59 Å². The van der Waals surface area contributed by atoms with Crippen molar-refractivity contribution in [3.8, 4) is 0 Å². The van der Waals surface area contributed by atoms with Gasteiger partial charge in [-0.1, -0.05) is 53.4 Å². The molecule has 0 aromatic heterocycles. The number of hydrogen-bond donors (Lipinski definition) is 2. The molecule has 0 aliphatic rings. The predicted molar refractivity (Wildman–Crippen MR) is 101 cm³/mol. The van der Waals surface area contributed by atoms with Crippen LogP contribution in [0.1, 0.15) is 73.1 Å². The smallest absolute Gasteiger partial charge is 0.244 e. The maximum absolute atomic E-state index is 12.7. The fraction of sp³-hybridized carbons (Fsp3) is 0.895. The van der Waals surface area contributed by atoms with E-state index in [-0.39, 0.29) is 23.8 Å². The SMILES string of the molecule is CCCCC(CCCC)N[C@H](C(=O)N[C@@H](C)C(=O)N(C)C)C(C)C. The van der Waals surface area contributed by atoms with E-state index < -0.39 is 6.04 Å². The van der Waals surface area contributed by atoms with Crippen LogP contribution in [0, 0.1) is 5.92 Å². The van der Waals surface area contributed by atoms with E-state index in [4.69, 9.17) is 0 Å². The van der Waals surface area contributed by atoms with E-state index >= 15 is 0 Å². The first-order chi connectivity index (χ1) is 11.2. The monoisotopic (exact) mass is 341 g/mol. The van der Waals surface area contributed by atoms with Gasteiger partial charge in [0.15, 0.2) is 0 Å². The number of hydrogen-bond acceptors (Lipinski definition) is 3. The molecule has 2 amide bonds. The second kappa shape index (κ2) is 12.3. The Bertz CT molecular complexity index is 362. The van der Waals surface area contributed by atoms with Crippen LogP contribution in [0.25, 0.3) is 0 Å². The molecular formula is C19H39N3O2. The van der Waals surface area contributed by atoms with E-state index in [1.165, 1.54) is 17.7 Å². The zero-order valence-corrected chi connectivity index (χ0v) is 16.8. The first-order valence-electron chi connectivity index (χ1n) is 9.52. The summed E-state index contributed by atoms with van der Waals surface area (Å²) in [6, 6.07) is -0.399. The molecule has 0 aromatic rings. The molecule has 0 aliphatic heterocycles. The van der Waals surface area contributed by atoms with E-state index in [0.717, 1.165) is 25.7 Å². The van der Waals surface area contributed by atoms with Gasteiger partial charge in [0.25, 0.3) is 0 Å². The Hall–Kier alpha value is -1.10. The summed E-state index contributed by atoms with van der Waals surface area (Å²) in [6.45, 7) is 10.2. The largest absolute Gasteiger partial charge is 0.347 e. The number of amides is 2. The van der Waals surface area contributed by atoms with E-state index in [1.807, 2.05) is 13.8 Å². The molecule has 0 aliphatic carbocycles. The first-order valence-corrected chi connectivity index (χ1v) is 9.52. The molecular weight excluding hydrogens is 302 g/mol. The molecule has 2 N–H and O–H groups in total. The summed E-state index contributed by atoms with van der Waals surface area (Å²) in [5.41, 5.74) is 0. The van der Waals surface area contributed by atoms with Crippen molar-refractivity contribution in [3.05, 3.63) is 0 Å². The third-order valence-corrected chi connectivity index (χ3v) is 4.35. The summed E-state index contributed by atoms with van der Waals surface area (Å²) < 4.78 is 0. The van der Waals surface area contributed by atoms with E-state index in [1.54, 1.807) is 21.0 Å². The highest BCUT2D eigenvalue weighted by Crippen LogP contribution is 2.13. The molecule has 142 valence electrons. The quantitative estimate of drug-likeness (QED) is 0.574. The number of nitrogens with one attached hydrogen (secondary N) is 2. The highest BCUT2D eigenvalue weighted by molar-refractivity contribution is 5.89. The van der Waals surface area contributed by atoms with Crippen LogP contribution in [0.15, 0.2) is 0 Å². The fourth-order valence-electron chi connectivity index (χ4n) is 2.79. The van der Waals surface area contributed by atoms with Crippen LogP contribution >= 0.6 is 0 Å². The van der Waals surface area contributed by atoms with Crippen LogP contribution in [0.5, 0.6) is 0 Å². The Labute approximate surface area is 148 Å². The molecule has 0 saturated carbocycles. The molecule has 2 atom stereocenters. The molecule has 5 nitrogen and oxygen atoms in total. The molecule has 0 aromatic carbocycles. The molecule has 0 saturated heterocycles. The Morgan fingerprint density at radius 3 is 1.83 bits per heavy atom. The average molecular weight is 342 g/mol. The summed E-state index contributed by atoms with van der Waals surface area (Å²) in [6.07, 6.45) is 6.86. The molecule has 0 spiro atoms. The Morgan fingerprint density at radius 1 is 0.958 bits per heavy atom. The molecule has 0 radical (unpaired) electrons. The average Bonchev–Trinajstić information content (AvgIpc) is 2.52. The first kappa shape index (κ1) is 22.9. The molecule has 0 unspecified atom stereocenters. The van der Waals surface area contributed by atoms with Crippen molar-refractivity contribution in [3.63, 3.8) is 0 Å². The van der Waals surface area contributed by atoms with Crippen LogP contribution in [-0.2, 0) is 9.59 Å². The highest BCUT2D eigenvalue weighted by Gasteiger charge is 2.27. The van der Waals surface area contributed by atoms with Crippen LogP contribution in [0.4, 0.5) is 0 Å². The van der Waals surface area contributed by atoms with Gasteiger partial charge in [-0.3, -0.25) is 9.59 Å². The van der Waals surface area contributed by atoms with Crippen molar-refractivity contribution in [2.75, 3.05) is 14.1 Å². The normalized spacial score (nSPS) is 13.9. The lowest BCUT2D eigenvalue weighted by atomic mass is 9.97. The summed E-state index contributed by atoms with van der Waals surface area (Å²) in [5, 5.41) is 6.43. The van der Waals surface area contributed by atoms with Crippen molar-refractivity contribution in [1.29, 1.82) is 0 Å². The second-order valence-corrected chi connectivity index (χ2v) is 7.33. The van der Waals surface area contributed by atoms with Crippen LogP contribution in [-0.4, -0.2) is 48.9 Å². The zero-order chi connectivity index (χ0) is 18.7. The topological polar surface area (TPSA) is 61.4 Å². The number of likely N-dealkylation sites (N-methyl/N-ethyl adjacent to an activating group) is 1. The van der Waals surface area contributed by atoms with Gasteiger partial charge in [-0.05, 0) is 25.7 Å². The lowest BCUT2D eigenvalue weighted by Crippen LogP contribution is -2.55. The maximum atomic E-state index is 12.7. The number of carbonyl (C=O) groups is 2. The molecule has 0 fully saturated rings. The molecule has 0 heterocycles. The Balaban J connectivity index is 4.84. The van der Waals surface area contributed by atoms with Crippen LogP contribution in [0.3, 0.4) is 0 Å². The standard InChI is InChI=1S/C19H39N3O2/c1-8-10-12-16(13-11-9-2)21-17(14(3)4)18(23)20-15(5)19(24)22(6)7/h14-17,21H,8-13H2,1-7H3,(H,20,23)/t15-,17-/m0/s1. The van der Waals surface area contributed by atoms with Crippen LogP contribution in [0.2, 0.25) is 0 Å². The highest BCUT2D eigenvalue weighted by atomic mass is 16.2. The van der Waals surface area contributed by atoms with Crippen molar-refractivity contribution in [2.24, 2.45) is 5.92 Å². The van der Waals surface area contributed by atoms with E-state index in [0.29, 0.717) is 6.04 Å². The van der Waals surface area contributed by atoms with Gasteiger partial charge in [-0.15, -0.1) is 0 Å². The van der Waals surface area contributed by atoms with Crippen LogP contribution < -0.4 is 10.6 Å². The lowest BCUT2D eigenvalue weighted by Gasteiger charge is -2.29. The molecule has 0 bridgehead atoms. The number of nitrogens with zero attached hydrogens (tertiary/aromatic N) is 1. The zero-order valence-electron chi connectivity index (χ0n) is 16.8. The van der Waals surface area contributed by atoms with Crippen molar-refractivity contribution in [2.45, 2.75) is 91.3 Å². The number of rotatable bonds is 12. The molecule has 5 heteroatoms. The summed E-state index contributed by atoms with van der Waals surface area (Å²) in [5.74, 6) is 0.0162. The second-order valence-electron chi connectivity index (χ2n) is 7.33. The summed E-state index contributed by atoms with van der Waals surface area (Å²) in [4.78, 5) is 26.1. The molecule has 24 heavy (non-hydrogen) atoms. The van der Waals surface area contributed by atoms with Gasteiger partial charge in [0.1, 0.15) is 6.04 Å². The summed E-state index contributed by atoms with van der Waals surface area (Å²) in [7, 11) is 3.41. The van der Waals surface area contributed by atoms with Gasteiger partial charge < -0.3 is 15.5 Å². The number of carbonyl (C=O) groups excluding carboxylic acids is 2. The van der Waals surface area contributed by atoms with Crippen molar-refractivity contribution >= 4 is 11.8 Å². The van der Waals surface area contributed by atoms with Crippen molar-refractivity contribution in [1.82, 2.24) is 15.5 Å². The maximum Gasteiger partial charge on any atom is 0.244 e. The molecule has 0 rings (SSSR count). The van der Waals surface area contributed by atoms with Gasteiger partial charge >= 0.3 is 0 Å². The number of unbranched alkanes of at least 4 members (excludes halogenated alkanes) is 2. The third kappa shape index (κ3) is 8.67. The van der Waals surface area contributed by atoms with Gasteiger partial charge in [-0.25, -0.2) is 0 Å². The minimum Gasteiger partial charge on any atom is -0.347 e. The van der Waals surface area contributed by atoms with Gasteiger partial charge in [-0.2, -0.15) is 0 Å². The van der Waals surface area contributed by atoms with E-state index in [2.05, 4.69) is 24.5 Å². The Kier molecular flexibility index (Phi) is 11.7. The van der Waals surface area contributed by atoms with Gasteiger partial charge in [0.05, 0.1) is 6.04 Å². The fourth-order valence-corrected chi connectivity index (χ4v) is 2.79. The predicted octanol–water partition coefficient (Wildman–Crippen LogP) is 2.94. The summed E-state index contributed by atoms with van der Waals surface area (Å²) >= 11 is 0. The third-order valence-electron chi connectivity index (χ3n) is 4.35.